The van der Waals surface area contributed by atoms with Crippen molar-refractivity contribution in [3.05, 3.63) is 70.2 Å². The van der Waals surface area contributed by atoms with Crippen LogP contribution in [0.25, 0.3) is 0 Å². The average molecular weight is 417 g/mol. The summed E-state index contributed by atoms with van der Waals surface area (Å²) in [6.45, 7) is 2.12. The van der Waals surface area contributed by atoms with E-state index in [0.717, 1.165) is 22.1 Å². The molecule has 20 heavy (non-hydrogen) atoms. The zero-order chi connectivity index (χ0) is 14.6. The Balaban J connectivity index is 2.36. The molecule has 0 N–H and O–H groups in total. The van der Waals surface area contributed by atoms with Crippen molar-refractivity contribution in [2.24, 2.45) is 0 Å². The van der Waals surface area contributed by atoms with E-state index in [-0.39, 0.29) is 5.41 Å². The Morgan fingerprint density at radius 1 is 1.00 bits per heavy atom. The molecule has 2 rings (SSSR count). The van der Waals surface area contributed by atoms with Crippen LogP contribution in [-0.2, 0) is 11.8 Å². The standard InChI is InChI=1S/C17H17Br2Cl/c1-13-5-7-15(8-6-13)17(11-18,12-19)10-14-3-2-4-16(20)9-14/h2-9H,10-12H2,1H3. The van der Waals surface area contributed by atoms with Gasteiger partial charge in [-0.2, -0.15) is 0 Å². The SMILES string of the molecule is Cc1ccc(C(CBr)(CBr)Cc2cccc(Cl)c2)cc1. The molecule has 0 spiro atoms. The Morgan fingerprint density at radius 2 is 1.65 bits per heavy atom. The lowest BCUT2D eigenvalue weighted by molar-refractivity contribution is 0.551. The smallest absolute Gasteiger partial charge is 0.0408 e. The monoisotopic (exact) mass is 414 g/mol. The summed E-state index contributed by atoms with van der Waals surface area (Å²) in [6, 6.07) is 16.9. The highest BCUT2D eigenvalue weighted by molar-refractivity contribution is 9.09. The van der Waals surface area contributed by atoms with Gasteiger partial charge in [0, 0.05) is 21.1 Å². The molecule has 106 valence electrons. The lowest BCUT2D eigenvalue weighted by atomic mass is 9.79. The van der Waals surface area contributed by atoms with Crippen LogP contribution in [0.5, 0.6) is 0 Å². The maximum absolute atomic E-state index is 6.10. The fourth-order valence-electron chi connectivity index (χ4n) is 2.33. The molecule has 0 fully saturated rings. The third kappa shape index (κ3) is 3.66. The van der Waals surface area contributed by atoms with Crippen LogP contribution in [0.4, 0.5) is 0 Å². The molecule has 0 saturated carbocycles. The summed E-state index contributed by atoms with van der Waals surface area (Å²) in [5.41, 5.74) is 3.93. The number of hydrogen-bond acceptors (Lipinski definition) is 0. The summed E-state index contributed by atoms with van der Waals surface area (Å²) < 4.78 is 0. The van der Waals surface area contributed by atoms with Gasteiger partial charge in [0.2, 0.25) is 0 Å². The molecule has 0 radical (unpaired) electrons. The first-order valence-electron chi connectivity index (χ1n) is 6.53. The van der Waals surface area contributed by atoms with Crippen molar-refractivity contribution in [2.45, 2.75) is 18.8 Å². The second kappa shape index (κ2) is 7.11. The zero-order valence-electron chi connectivity index (χ0n) is 11.4. The molecule has 2 aromatic carbocycles. The van der Waals surface area contributed by atoms with Gasteiger partial charge < -0.3 is 0 Å². The van der Waals surface area contributed by atoms with Crippen LogP contribution in [0.1, 0.15) is 16.7 Å². The van der Waals surface area contributed by atoms with E-state index in [9.17, 15) is 0 Å². The van der Waals surface area contributed by atoms with Gasteiger partial charge in [-0.25, -0.2) is 0 Å². The number of aryl methyl sites for hydroxylation is 1. The van der Waals surface area contributed by atoms with Crippen molar-refractivity contribution in [1.29, 1.82) is 0 Å². The van der Waals surface area contributed by atoms with Crippen molar-refractivity contribution in [3.8, 4) is 0 Å². The fraction of sp³-hybridized carbons (Fsp3) is 0.294. The van der Waals surface area contributed by atoms with Crippen molar-refractivity contribution >= 4 is 43.5 Å². The van der Waals surface area contributed by atoms with Gasteiger partial charge in [-0.15, -0.1) is 0 Å². The molecule has 0 atom stereocenters. The summed E-state index contributed by atoms with van der Waals surface area (Å²) in [7, 11) is 0. The predicted molar refractivity (Wildman–Crippen MR) is 95.6 cm³/mol. The minimum absolute atomic E-state index is 0.0401. The Morgan fingerprint density at radius 3 is 2.20 bits per heavy atom. The summed E-state index contributed by atoms with van der Waals surface area (Å²) >= 11 is 13.5. The minimum atomic E-state index is 0.0401. The predicted octanol–water partition coefficient (Wildman–Crippen LogP) is 5.92. The Labute approximate surface area is 142 Å². The lowest BCUT2D eigenvalue weighted by Gasteiger charge is -2.31. The van der Waals surface area contributed by atoms with E-state index in [1.54, 1.807) is 0 Å². The molecule has 0 heterocycles. The first kappa shape index (κ1) is 16.1. The topological polar surface area (TPSA) is 0 Å². The van der Waals surface area contributed by atoms with Gasteiger partial charge in [0.15, 0.2) is 0 Å². The molecule has 0 amide bonds. The Hall–Kier alpha value is -0.310. The largest absolute Gasteiger partial charge is 0.0918 e. The van der Waals surface area contributed by atoms with E-state index in [1.807, 2.05) is 12.1 Å². The van der Waals surface area contributed by atoms with Gasteiger partial charge in [-0.3, -0.25) is 0 Å². The van der Waals surface area contributed by atoms with Gasteiger partial charge in [0.1, 0.15) is 0 Å². The number of rotatable bonds is 5. The highest BCUT2D eigenvalue weighted by atomic mass is 79.9. The zero-order valence-corrected chi connectivity index (χ0v) is 15.3. The molecule has 0 aliphatic heterocycles. The average Bonchev–Trinajstić information content (AvgIpc) is 2.46. The summed E-state index contributed by atoms with van der Waals surface area (Å²) in [4.78, 5) is 0. The molecule has 0 saturated heterocycles. The first-order valence-corrected chi connectivity index (χ1v) is 9.15. The van der Waals surface area contributed by atoms with E-state index in [0.29, 0.717) is 0 Å². The lowest BCUT2D eigenvalue weighted by Crippen LogP contribution is -2.33. The molecule has 0 aliphatic rings. The van der Waals surface area contributed by atoms with Crippen molar-refractivity contribution in [3.63, 3.8) is 0 Å². The van der Waals surface area contributed by atoms with Crippen LogP contribution in [0.3, 0.4) is 0 Å². The molecule has 0 bridgehead atoms. The second-order valence-electron chi connectivity index (χ2n) is 5.22. The molecule has 3 heteroatoms. The van der Waals surface area contributed by atoms with Gasteiger partial charge in [-0.05, 0) is 36.6 Å². The fourth-order valence-corrected chi connectivity index (χ4v) is 4.52. The number of alkyl halides is 2. The molecule has 0 aromatic heterocycles. The second-order valence-corrected chi connectivity index (χ2v) is 6.78. The maximum Gasteiger partial charge on any atom is 0.0408 e. The molecule has 2 aromatic rings. The molecule has 0 aliphatic carbocycles. The van der Waals surface area contributed by atoms with E-state index in [1.165, 1.54) is 16.7 Å². The molecule has 0 unspecified atom stereocenters. The maximum atomic E-state index is 6.10. The summed E-state index contributed by atoms with van der Waals surface area (Å²) in [5.74, 6) is 0. The van der Waals surface area contributed by atoms with Crippen LogP contribution in [0.2, 0.25) is 5.02 Å². The summed E-state index contributed by atoms with van der Waals surface area (Å²) in [5, 5.41) is 2.60. The van der Waals surface area contributed by atoms with Crippen LogP contribution in [0, 0.1) is 6.92 Å². The van der Waals surface area contributed by atoms with Crippen LogP contribution in [0.15, 0.2) is 48.5 Å². The number of halogens is 3. The Kier molecular flexibility index (Phi) is 5.71. The number of benzene rings is 2. The van der Waals surface area contributed by atoms with Gasteiger partial charge >= 0.3 is 0 Å². The third-order valence-electron chi connectivity index (χ3n) is 3.61. The highest BCUT2D eigenvalue weighted by Crippen LogP contribution is 2.33. The normalized spacial score (nSPS) is 11.6. The minimum Gasteiger partial charge on any atom is -0.0918 e. The van der Waals surface area contributed by atoms with Crippen LogP contribution >= 0.6 is 43.5 Å². The molecule has 0 nitrogen and oxygen atoms in total. The quantitative estimate of drug-likeness (QED) is 0.531. The Bertz CT molecular complexity index is 559. The van der Waals surface area contributed by atoms with Gasteiger partial charge in [0.25, 0.3) is 0 Å². The van der Waals surface area contributed by atoms with Crippen molar-refractivity contribution in [2.75, 3.05) is 10.7 Å². The molecular formula is C17H17Br2Cl. The molecular weight excluding hydrogens is 399 g/mol. The van der Waals surface area contributed by atoms with E-state index < -0.39 is 0 Å². The van der Waals surface area contributed by atoms with Gasteiger partial charge in [-0.1, -0.05) is 85.4 Å². The van der Waals surface area contributed by atoms with Crippen LogP contribution in [-0.4, -0.2) is 10.7 Å². The van der Waals surface area contributed by atoms with E-state index in [2.05, 4.69) is 75.2 Å². The van der Waals surface area contributed by atoms with Crippen LogP contribution < -0.4 is 0 Å². The highest BCUT2D eigenvalue weighted by Gasteiger charge is 2.30. The first-order chi connectivity index (χ1) is 9.59. The van der Waals surface area contributed by atoms with Gasteiger partial charge in [0.05, 0.1) is 0 Å². The summed E-state index contributed by atoms with van der Waals surface area (Å²) in [6.07, 6.45) is 0.952. The van der Waals surface area contributed by atoms with E-state index >= 15 is 0 Å². The van der Waals surface area contributed by atoms with Crippen molar-refractivity contribution < 1.29 is 0 Å². The third-order valence-corrected chi connectivity index (χ3v) is 5.99. The van der Waals surface area contributed by atoms with E-state index in [4.69, 9.17) is 11.6 Å². The van der Waals surface area contributed by atoms with Crippen molar-refractivity contribution in [1.82, 2.24) is 0 Å². The number of hydrogen-bond donors (Lipinski definition) is 0.